The number of nitrogens with zero attached hydrogens (tertiary/aromatic N) is 1. The fourth-order valence-electron chi connectivity index (χ4n) is 3.16. The lowest BCUT2D eigenvalue weighted by atomic mass is 9.94. The Morgan fingerprint density at radius 1 is 1.27 bits per heavy atom. The second-order valence-corrected chi connectivity index (χ2v) is 6.58. The quantitative estimate of drug-likeness (QED) is 0.622. The second kappa shape index (κ2) is 9.27. The van der Waals surface area contributed by atoms with Crippen LogP contribution in [0.4, 0.5) is 0 Å². The molecule has 2 rings (SSSR count). The predicted molar refractivity (Wildman–Crippen MR) is 98.9 cm³/mol. The summed E-state index contributed by atoms with van der Waals surface area (Å²) in [5.74, 6) is -0.421. The van der Waals surface area contributed by atoms with E-state index < -0.39 is 12.1 Å². The van der Waals surface area contributed by atoms with Crippen LogP contribution in [0.15, 0.2) is 24.3 Å². The number of ether oxygens (including phenoxy) is 2. The van der Waals surface area contributed by atoms with E-state index in [0.717, 1.165) is 25.7 Å². The summed E-state index contributed by atoms with van der Waals surface area (Å²) >= 11 is 0. The number of methoxy groups -OCH3 is 1. The van der Waals surface area contributed by atoms with Crippen molar-refractivity contribution in [3.63, 3.8) is 0 Å². The molecular weight excluding hydrogens is 334 g/mol. The van der Waals surface area contributed by atoms with Crippen LogP contribution in [0.3, 0.4) is 0 Å². The number of phenols is 1. The van der Waals surface area contributed by atoms with Crippen molar-refractivity contribution >= 4 is 18.0 Å². The topological polar surface area (TPSA) is 76.1 Å². The molecule has 0 saturated heterocycles. The van der Waals surface area contributed by atoms with Gasteiger partial charge in [0.1, 0.15) is 0 Å². The Kier molecular flexibility index (Phi) is 7.06. The van der Waals surface area contributed by atoms with Gasteiger partial charge in [-0.3, -0.25) is 4.79 Å². The monoisotopic (exact) mass is 361 g/mol. The van der Waals surface area contributed by atoms with Crippen LogP contribution in [-0.4, -0.2) is 48.2 Å². The molecule has 1 fully saturated rings. The summed E-state index contributed by atoms with van der Waals surface area (Å²) in [5.41, 5.74) is 0.676. The van der Waals surface area contributed by atoms with E-state index in [4.69, 9.17) is 9.47 Å². The normalized spacial score (nSPS) is 16.3. The van der Waals surface area contributed by atoms with E-state index in [0.29, 0.717) is 11.3 Å². The molecule has 1 atom stereocenters. The second-order valence-electron chi connectivity index (χ2n) is 6.58. The lowest BCUT2D eigenvalue weighted by Crippen LogP contribution is -2.44. The summed E-state index contributed by atoms with van der Waals surface area (Å²) in [4.78, 5) is 26.2. The molecule has 26 heavy (non-hydrogen) atoms. The van der Waals surface area contributed by atoms with Gasteiger partial charge in [-0.1, -0.05) is 25.3 Å². The van der Waals surface area contributed by atoms with Crippen LogP contribution in [0.5, 0.6) is 11.5 Å². The van der Waals surface area contributed by atoms with Crippen LogP contribution in [0.25, 0.3) is 6.08 Å². The van der Waals surface area contributed by atoms with Crippen molar-refractivity contribution in [2.45, 2.75) is 51.2 Å². The number of rotatable bonds is 6. The number of hydrogen-bond donors (Lipinski definition) is 1. The maximum atomic E-state index is 12.5. The van der Waals surface area contributed by atoms with Crippen LogP contribution < -0.4 is 4.74 Å². The van der Waals surface area contributed by atoms with Crippen LogP contribution in [0.2, 0.25) is 0 Å². The van der Waals surface area contributed by atoms with Crippen molar-refractivity contribution in [2.24, 2.45) is 0 Å². The standard InChI is InChI=1S/C20H27NO5/c1-14(20(24)21(2)16-7-5-4-6-8-16)26-19(23)12-10-15-9-11-17(22)18(13-15)25-3/h9-14,16,22H,4-8H2,1-3H3/b12-10+/t14-/m1/s1. The predicted octanol–water partition coefficient (Wildman–Crippen LogP) is 3.14. The van der Waals surface area contributed by atoms with Gasteiger partial charge >= 0.3 is 5.97 Å². The average Bonchev–Trinajstić information content (AvgIpc) is 2.66. The smallest absolute Gasteiger partial charge is 0.331 e. The molecule has 142 valence electrons. The molecule has 0 radical (unpaired) electrons. The van der Waals surface area contributed by atoms with Gasteiger partial charge in [-0.2, -0.15) is 0 Å². The third-order valence-corrected chi connectivity index (χ3v) is 4.73. The third-order valence-electron chi connectivity index (χ3n) is 4.73. The number of likely N-dealkylation sites (N-methyl/N-ethyl adjacent to an activating group) is 1. The molecule has 0 spiro atoms. The SMILES string of the molecule is COc1cc(/C=C/C(=O)O[C@H](C)C(=O)N(C)C2CCCCC2)ccc1O. The molecule has 0 aromatic heterocycles. The summed E-state index contributed by atoms with van der Waals surface area (Å²) in [6.07, 6.45) is 7.48. The van der Waals surface area contributed by atoms with Crippen molar-refractivity contribution in [3.05, 3.63) is 29.8 Å². The number of benzene rings is 1. The highest BCUT2D eigenvalue weighted by atomic mass is 16.5. The van der Waals surface area contributed by atoms with E-state index in [-0.39, 0.29) is 17.7 Å². The molecule has 6 nitrogen and oxygen atoms in total. The highest BCUT2D eigenvalue weighted by Gasteiger charge is 2.27. The van der Waals surface area contributed by atoms with E-state index in [9.17, 15) is 14.7 Å². The highest BCUT2D eigenvalue weighted by Crippen LogP contribution is 2.26. The van der Waals surface area contributed by atoms with E-state index in [2.05, 4.69) is 0 Å². The molecule has 1 saturated carbocycles. The van der Waals surface area contributed by atoms with Gasteiger partial charge in [0.25, 0.3) is 5.91 Å². The van der Waals surface area contributed by atoms with Gasteiger partial charge in [0.05, 0.1) is 7.11 Å². The van der Waals surface area contributed by atoms with Gasteiger partial charge in [0.15, 0.2) is 17.6 Å². The molecule has 1 aromatic carbocycles. The Balaban J connectivity index is 1.90. The number of amides is 1. The van der Waals surface area contributed by atoms with Gasteiger partial charge < -0.3 is 19.5 Å². The maximum absolute atomic E-state index is 12.5. The van der Waals surface area contributed by atoms with E-state index in [1.165, 1.54) is 25.7 Å². The first-order valence-electron chi connectivity index (χ1n) is 8.94. The molecule has 1 N–H and O–H groups in total. The molecule has 0 heterocycles. The van der Waals surface area contributed by atoms with E-state index in [1.807, 2.05) is 0 Å². The summed E-state index contributed by atoms with van der Waals surface area (Å²) < 4.78 is 10.3. The van der Waals surface area contributed by atoms with Crippen molar-refractivity contribution in [2.75, 3.05) is 14.2 Å². The number of hydrogen-bond acceptors (Lipinski definition) is 5. The van der Waals surface area contributed by atoms with Crippen molar-refractivity contribution in [1.29, 1.82) is 0 Å². The minimum absolute atomic E-state index is 0.0252. The lowest BCUT2D eigenvalue weighted by molar-refractivity contribution is -0.156. The Labute approximate surface area is 154 Å². The fraction of sp³-hybridized carbons (Fsp3) is 0.500. The van der Waals surface area contributed by atoms with Crippen LogP contribution in [0, 0.1) is 0 Å². The number of aromatic hydroxyl groups is 1. The first-order chi connectivity index (χ1) is 12.4. The number of phenolic OH excluding ortho intramolecular Hbond substituents is 1. The Hall–Kier alpha value is -2.50. The Morgan fingerprint density at radius 2 is 1.96 bits per heavy atom. The number of esters is 1. The lowest BCUT2D eigenvalue weighted by Gasteiger charge is -2.32. The molecule has 0 aliphatic heterocycles. The van der Waals surface area contributed by atoms with Gasteiger partial charge in [0.2, 0.25) is 0 Å². The minimum atomic E-state index is -0.826. The van der Waals surface area contributed by atoms with Gasteiger partial charge in [-0.25, -0.2) is 4.79 Å². The molecule has 0 unspecified atom stereocenters. The summed E-state index contributed by atoms with van der Waals surface area (Å²) in [7, 11) is 3.23. The minimum Gasteiger partial charge on any atom is -0.504 e. The van der Waals surface area contributed by atoms with Crippen LogP contribution in [-0.2, 0) is 14.3 Å². The van der Waals surface area contributed by atoms with Crippen molar-refractivity contribution < 1.29 is 24.2 Å². The zero-order chi connectivity index (χ0) is 19.1. The van der Waals surface area contributed by atoms with Gasteiger partial charge in [-0.15, -0.1) is 0 Å². The first kappa shape index (κ1) is 19.8. The van der Waals surface area contributed by atoms with Crippen molar-refractivity contribution in [3.8, 4) is 11.5 Å². The Morgan fingerprint density at radius 3 is 2.62 bits per heavy atom. The molecular formula is C20H27NO5. The number of carbonyl (C=O) groups excluding carboxylic acids is 2. The van der Waals surface area contributed by atoms with Crippen molar-refractivity contribution in [1.82, 2.24) is 4.90 Å². The average molecular weight is 361 g/mol. The van der Waals surface area contributed by atoms with E-state index in [1.54, 1.807) is 37.1 Å². The number of carbonyl (C=O) groups is 2. The largest absolute Gasteiger partial charge is 0.504 e. The summed E-state index contributed by atoms with van der Waals surface area (Å²) in [5, 5.41) is 9.57. The third kappa shape index (κ3) is 5.25. The van der Waals surface area contributed by atoms with Crippen LogP contribution in [0.1, 0.15) is 44.6 Å². The summed E-state index contributed by atoms with van der Waals surface area (Å²) in [6, 6.07) is 4.96. The Bertz CT molecular complexity index is 664. The molecule has 1 aliphatic carbocycles. The molecule has 6 heteroatoms. The molecule has 1 aliphatic rings. The molecule has 0 bridgehead atoms. The van der Waals surface area contributed by atoms with Crippen LogP contribution >= 0.6 is 0 Å². The van der Waals surface area contributed by atoms with Gasteiger partial charge in [0, 0.05) is 19.2 Å². The first-order valence-corrected chi connectivity index (χ1v) is 8.94. The summed E-state index contributed by atoms with van der Waals surface area (Å²) in [6.45, 7) is 1.59. The molecule has 1 amide bonds. The fourth-order valence-corrected chi connectivity index (χ4v) is 3.16. The van der Waals surface area contributed by atoms with E-state index >= 15 is 0 Å². The maximum Gasteiger partial charge on any atom is 0.331 e. The molecule has 1 aromatic rings. The zero-order valence-corrected chi connectivity index (χ0v) is 15.6. The van der Waals surface area contributed by atoms with Gasteiger partial charge in [-0.05, 0) is 43.5 Å². The highest BCUT2D eigenvalue weighted by molar-refractivity contribution is 5.90. The zero-order valence-electron chi connectivity index (χ0n) is 15.6.